The number of rotatable bonds is 5. The quantitative estimate of drug-likeness (QED) is 0.540. The summed E-state index contributed by atoms with van der Waals surface area (Å²) in [7, 11) is 0. The van der Waals surface area contributed by atoms with E-state index in [-0.39, 0.29) is 11.4 Å². The lowest BCUT2D eigenvalue weighted by Gasteiger charge is -2.30. The van der Waals surface area contributed by atoms with Gasteiger partial charge in [0.05, 0.1) is 11.4 Å². The zero-order valence-electron chi connectivity index (χ0n) is 16.6. The van der Waals surface area contributed by atoms with Crippen LogP contribution in [0.3, 0.4) is 0 Å². The van der Waals surface area contributed by atoms with Crippen LogP contribution in [0.1, 0.15) is 36.1 Å². The second kappa shape index (κ2) is 9.30. The van der Waals surface area contributed by atoms with Crippen molar-refractivity contribution in [1.29, 1.82) is 10.5 Å². The minimum Gasteiger partial charge on any atom is -0.444 e. The van der Waals surface area contributed by atoms with Gasteiger partial charge >= 0.3 is 0 Å². The molecular weight excluding hydrogens is 432 g/mol. The smallest absolute Gasteiger partial charge is 0.226 e. The Morgan fingerprint density at radius 2 is 1.77 bits per heavy atom. The first-order valence-corrected chi connectivity index (χ1v) is 11.2. The van der Waals surface area contributed by atoms with Gasteiger partial charge in [0.2, 0.25) is 5.89 Å². The molecule has 1 aliphatic rings. The highest BCUT2D eigenvalue weighted by atomic mass is 35.5. The van der Waals surface area contributed by atoms with Gasteiger partial charge in [0.15, 0.2) is 0 Å². The molecule has 0 unspecified atom stereocenters. The Labute approximate surface area is 189 Å². The number of nitriles is 2. The second-order valence-corrected chi connectivity index (χ2v) is 8.51. The molecule has 4 rings (SSSR count). The molecule has 1 aromatic carbocycles. The predicted molar refractivity (Wildman–Crippen MR) is 121 cm³/mol. The van der Waals surface area contributed by atoms with Crippen LogP contribution in [-0.2, 0) is 5.75 Å². The van der Waals surface area contributed by atoms with Gasteiger partial charge in [0.25, 0.3) is 0 Å². The molecule has 0 spiro atoms. The van der Waals surface area contributed by atoms with Crippen molar-refractivity contribution in [2.75, 3.05) is 23.7 Å². The maximum absolute atomic E-state index is 9.89. The summed E-state index contributed by atoms with van der Waals surface area (Å²) in [6, 6.07) is 11.6. The fourth-order valence-corrected chi connectivity index (χ4v) is 4.55. The third-order valence-electron chi connectivity index (χ3n) is 5.06. The number of nitrogens with two attached hydrogens (primary N) is 1. The lowest BCUT2D eigenvalue weighted by Crippen LogP contribution is -2.31. The van der Waals surface area contributed by atoms with E-state index in [1.165, 1.54) is 11.8 Å². The maximum atomic E-state index is 9.89. The first-order chi connectivity index (χ1) is 15.1. The minimum atomic E-state index is 0.145. The number of hydrogen-bond donors (Lipinski definition) is 1. The van der Waals surface area contributed by atoms with Crippen molar-refractivity contribution in [2.24, 2.45) is 0 Å². The van der Waals surface area contributed by atoms with E-state index < -0.39 is 0 Å². The number of nitrogen functional groups attached to an aromatic ring is 1. The summed E-state index contributed by atoms with van der Waals surface area (Å²) >= 11 is 7.29. The van der Waals surface area contributed by atoms with E-state index in [1.54, 1.807) is 18.4 Å². The zero-order chi connectivity index (χ0) is 21.8. The Morgan fingerprint density at radius 1 is 1.06 bits per heavy atom. The van der Waals surface area contributed by atoms with Gasteiger partial charge in [-0.05, 0) is 43.5 Å². The normalized spacial score (nSPS) is 13.6. The lowest BCUT2D eigenvalue weighted by molar-refractivity contribution is 0.573. The monoisotopic (exact) mass is 450 g/mol. The SMILES string of the molecule is N#Cc1c(N)nc(SCc2coc(-c3ccc(Cl)cc3)n2)c(C#N)c1N1CCCCC1. The summed E-state index contributed by atoms with van der Waals surface area (Å²) in [5.41, 5.74) is 8.89. The molecule has 3 aromatic rings. The van der Waals surface area contributed by atoms with Crippen molar-refractivity contribution in [3.8, 4) is 23.6 Å². The Balaban J connectivity index is 1.60. The molecule has 2 N–H and O–H groups in total. The Hall–Kier alpha value is -3.20. The van der Waals surface area contributed by atoms with Crippen molar-refractivity contribution in [3.05, 3.63) is 52.4 Å². The van der Waals surface area contributed by atoms with Crippen LogP contribution in [-0.4, -0.2) is 23.1 Å². The molecule has 31 heavy (non-hydrogen) atoms. The van der Waals surface area contributed by atoms with Crippen molar-refractivity contribution >= 4 is 34.9 Å². The fourth-order valence-electron chi connectivity index (χ4n) is 3.56. The van der Waals surface area contributed by atoms with Crippen LogP contribution in [0.5, 0.6) is 0 Å². The molecule has 0 aliphatic carbocycles. The number of nitrogens with zero attached hydrogens (tertiary/aromatic N) is 5. The number of hydrogen-bond acceptors (Lipinski definition) is 8. The van der Waals surface area contributed by atoms with Gasteiger partial charge in [0, 0.05) is 29.4 Å². The van der Waals surface area contributed by atoms with Crippen LogP contribution < -0.4 is 10.6 Å². The van der Waals surface area contributed by atoms with E-state index in [2.05, 4.69) is 27.0 Å². The van der Waals surface area contributed by atoms with Gasteiger partial charge in [-0.2, -0.15) is 10.5 Å². The molecule has 1 fully saturated rings. The van der Waals surface area contributed by atoms with E-state index in [1.807, 2.05) is 12.1 Å². The summed E-state index contributed by atoms with van der Waals surface area (Å²) in [6.07, 6.45) is 4.77. The Bertz CT molecular complexity index is 1170. The largest absolute Gasteiger partial charge is 0.444 e. The standard InChI is InChI=1S/C22H19ClN6OS/c23-15-6-4-14(5-7-15)21-27-16(12-30-21)13-31-22-18(11-25)19(17(10-24)20(26)28-22)29-8-2-1-3-9-29/h4-7,12H,1-3,8-9,13H2,(H2,26,28). The van der Waals surface area contributed by atoms with E-state index in [9.17, 15) is 10.5 Å². The zero-order valence-corrected chi connectivity index (χ0v) is 18.2. The topological polar surface area (TPSA) is 116 Å². The van der Waals surface area contributed by atoms with E-state index >= 15 is 0 Å². The highest BCUT2D eigenvalue weighted by Gasteiger charge is 2.25. The maximum Gasteiger partial charge on any atom is 0.226 e. The highest BCUT2D eigenvalue weighted by molar-refractivity contribution is 7.98. The lowest BCUT2D eigenvalue weighted by atomic mass is 10.1. The Kier molecular flexibility index (Phi) is 6.31. The molecular formula is C22H19ClN6OS. The first-order valence-electron chi connectivity index (χ1n) is 9.82. The van der Waals surface area contributed by atoms with Gasteiger partial charge < -0.3 is 15.1 Å². The van der Waals surface area contributed by atoms with Gasteiger partial charge in [-0.15, -0.1) is 0 Å². The number of aromatic nitrogens is 2. The van der Waals surface area contributed by atoms with Gasteiger partial charge in [-0.1, -0.05) is 23.4 Å². The number of thioether (sulfide) groups is 1. The molecule has 3 heterocycles. The number of oxazole rings is 1. The summed E-state index contributed by atoms with van der Waals surface area (Å²) in [4.78, 5) is 11.0. The van der Waals surface area contributed by atoms with Crippen LogP contribution >= 0.6 is 23.4 Å². The number of piperidine rings is 1. The van der Waals surface area contributed by atoms with Crippen molar-refractivity contribution in [3.63, 3.8) is 0 Å². The average molecular weight is 451 g/mol. The predicted octanol–water partition coefficient (Wildman–Crippen LogP) is 5.00. The molecule has 0 amide bonds. The van der Waals surface area contributed by atoms with Gasteiger partial charge in [0.1, 0.15) is 40.4 Å². The van der Waals surface area contributed by atoms with Crippen molar-refractivity contribution in [2.45, 2.75) is 30.0 Å². The number of pyridine rings is 1. The van der Waals surface area contributed by atoms with Crippen LogP contribution in [0.4, 0.5) is 11.5 Å². The first kappa shape index (κ1) is 21.0. The van der Waals surface area contributed by atoms with Crippen molar-refractivity contribution < 1.29 is 4.42 Å². The second-order valence-electron chi connectivity index (χ2n) is 7.11. The third-order valence-corrected chi connectivity index (χ3v) is 6.32. The molecule has 0 atom stereocenters. The summed E-state index contributed by atoms with van der Waals surface area (Å²) < 4.78 is 5.59. The molecule has 0 saturated carbocycles. The number of halogens is 1. The summed E-state index contributed by atoms with van der Waals surface area (Å²) in [5.74, 6) is 1.09. The van der Waals surface area contributed by atoms with Crippen molar-refractivity contribution in [1.82, 2.24) is 9.97 Å². The Morgan fingerprint density at radius 3 is 2.45 bits per heavy atom. The third kappa shape index (κ3) is 4.46. The van der Waals surface area contributed by atoms with Crippen LogP contribution in [0.25, 0.3) is 11.5 Å². The van der Waals surface area contributed by atoms with Gasteiger partial charge in [-0.3, -0.25) is 0 Å². The van der Waals surface area contributed by atoms with E-state index in [4.69, 9.17) is 21.8 Å². The molecule has 7 nitrogen and oxygen atoms in total. The van der Waals surface area contributed by atoms with Crippen LogP contribution in [0, 0.1) is 22.7 Å². The molecule has 0 radical (unpaired) electrons. The average Bonchev–Trinajstić information content (AvgIpc) is 3.27. The minimum absolute atomic E-state index is 0.145. The van der Waals surface area contributed by atoms with Crippen LogP contribution in [0.15, 0.2) is 40.0 Å². The van der Waals surface area contributed by atoms with Gasteiger partial charge in [-0.25, -0.2) is 9.97 Å². The fraction of sp³-hybridized carbons (Fsp3) is 0.273. The summed E-state index contributed by atoms with van der Waals surface area (Å²) in [6.45, 7) is 1.59. The number of benzene rings is 1. The molecule has 1 aliphatic heterocycles. The summed E-state index contributed by atoms with van der Waals surface area (Å²) in [5, 5.41) is 20.7. The van der Waals surface area contributed by atoms with E-state index in [0.717, 1.165) is 37.9 Å². The van der Waals surface area contributed by atoms with E-state index in [0.29, 0.717) is 38.6 Å². The number of anilines is 2. The molecule has 0 bridgehead atoms. The molecule has 1 saturated heterocycles. The molecule has 2 aromatic heterocycles. The van der Waals surface area contributed by atoms with Crippen LogP contribution in [0.2, 0.25) is 5.02 Å². The highest BCUT2D eigenvalue weighted by Crippen LogP contribution is 2.37. The molecule has 9 heteroatoms. The molecule has 156 valence electrons.